The second kappa shape index (κ2) is 6.50. The predicted molar refractivity (Wildman–Crippen MR) is 72.3 cm³/mol. The van der Waals surface area contributed by atoms with Crippen molar-refractivity contribution in [2.75, 3.05) is 18.9 Å². The smallest absolute Gasteiger partial charge is 0.315 e. The molecule has 100 valence electrons. The van der Waals surface area contributed by atoms with Crippen LogP contribution in [0.25, 0.3) is 0 Å². The number of rotatable bonds is 5. The van der Waals surface area contributed by atoms with Crippen LogP contribution in [0.4, 0.5) is 4.79 Å². The monoisotopic (exact) mass is 260 g/mol. The Hall–Kier alpha value is -0.420. The van der Waals surface area contributed by atoms with Gasteiger partial charge in [-0.3, -0.25) is 0 Å². The van der Waals surface area contributed by atoms with Gasteiger partial charge in [0.25, 0.3) is 0 Å². The van der Waals surface area contributed by atoms with Crippen molar-refractivity contribution in [3.63, 3.8) is 0 Å². The van der Waals surface area contributed by atoms with Crippen LogP contribution in [-0.2, 0) is 0 Å². The summed E-state index contributed by atoms with van der Waals surface area (Å²) >= 11 is 1.93. The standard InChI is InChI=1S/C12H24N2O2S/c1-9(7-15)10(2)14-11(16)13-8-12(3)5-4-6-17-12/h9-10,15H,4-8H2,1-3H3,(H2,13,14,16). The maximum Gasteiger partial charge on any atom is 0.315 e. The molecule has 1 saturated heterocycles. The molecule has 0 aromatic heterocycles. The minimum atomic E-state index is -0.133. The quantitative estimate of drug-likeness (QED) is 0.703. The first kappa shape index (κ1) is 14.6. The molecule has 0 radical (unpaired) electrons. The number of thioether (sulfide) groups is 1. The zero-order valence-corrected chi connectivity index (χ0v) is 11.8. The van der Waals surface area contributed by atoms with Crippen LogP contribution >= 0.6 is 11.8 Å². The fraction of sp³-hybridized carbons (Fsp3) is 0.917. The van der Waals surface area contributed by atoms with Crippen LogP contribution in [0.5, 0.6) is 0 Å². The molecule has 1 fully saturated rings. The summed E-state index contributed by atoms with van der Waals surface area (Å²) in [5.74, 6) is 1.27. The van der Waals surface area contributed by atoms with Crippen LogP contribution in [-0.4, -0.2) is 40.8 Å². The second-order valence-electron chi connectivity index (χ2n) is 5.18. The molecule has 3 unspecified atom stereocenters. The van der Waals surface area contributed by atoms with Gasteiger partial charge < -0.3 is 15.7 Å². The Morgan fingerprint density at radius 2 is 2.24 bits per heavy atom. The van der Waals surface area contributed by atoms with E-state index in [1.54, 1.807) is 0 Å². The SMILES string of the molecule is CC(CO)C(C)NC(=O)NCC1(C)CCCS1. The lowest BCUT2D eigenvalue weighted by Crippen LogP contribution is -2.47. The number of hydrogen-bond acceptors (Lipinski definition) is 3. The van der Waals surface area contributed by atoms with E-state index in [1.807, 2.05) is 25.6 Å². The van der Waals surface area contributed by atoms with E-state index >= 15 is 0 Å². The van der Waals surface area contributed by atoms with Crippen LogP contribution in [0.2, 0.25) is 0 Å². The zero-order valence-electron chi connectivity index (χ0n) is 11.0. The molecule has 4 nitrogen and oxygen atoms in total. The van der Waals surface area contributed by atoms with Crippen LogP contribution in [0.1, 0.15) is 33.6 Å². The van der Waals surface area contributed by atoms with Crippen molar-refractivity contribution in [3.8, 4) is 0 Å². The molecule has 17 heavy (non-hydrogen) atoms. The third-order valence-corrected chi connectivity index (χ3v) is 4.96. The summed E-state index contributed by atoms with van der Waals surface area (Å²) < 4.78 is 0.198. The molecule has 0 spiro atoms. The van der Waals surface area contributed by atoms with Crippen molar-refractivity contribution in [1.29, 1.82) is 0 Å². The van der Waals surface area contributed by atoms with Crippen LogP contribution in [0.15, 0.2) is 0 Å². The second-order valence-corrected chi connectivity index (χ2v) is 6.86. The molecule has 3 atom stereocenters. The van der Waals surface area contributed by atoms with Gasteiger partial charge >= 0.3 is 6.03 Å². The summed E-state index contributed by atoms with van der Waals surface area (Å²) in [6.45, 7) is 6.83. The van der Waals surface area contributed by atoms with Gasteiger partial charge in [0.1, 0.15) is 0 Å². The molecular formula is C12H24N2O2S. The number of nitrogens with one attached hydrogen (secondary N) is 2. The minimum absolute atomic E-state index is 0.0102. The van der Waals surface area contributed by atoms with Gasteiger partial charge in [-0.05, 0) is 38.4 Å². The fourth-order valence-corrected chi connectivity index (χ4v) is 3.05. The van der Waals surface area contributed by atoms with Crippen molar-refractivity contribution in [2.24, 2.45) is 5.92 Å². The van der Waals surface area contributed by atoms with E-state index in [1.165, 1.54) is 18.6 Å². The van der Waals surface area contributed by atoms with Gasteiger partial charge in [0, 0.05) is 23.9 Å². The van der Waals surface area contributed by atoms with Crippen molar-refractivity contribution < 1.29 is 9.90 Å². The molecule has 0 aromatic carbocycles. The lowest BCUT2D eigenvalue weighted by molar-refractivity contribution is 0.200. The molecule has 5 heteroatoms. The van der Waals surface area contributed by atoms with Gasteiger partial charge in [-0.1, -0.05) is 6.92 Å². The summed E-state index contributed by atoms with van der Waals surface area (Å²) in [6.07, 6.45) is 2.41. The van der Waals surface area contributed by atoms with Gasteiger partial charge in [0.2, 0.25) is 0 Å². The maximum atomic E-state index is 11.7. The minimum Gasteiger partial charge on any atom is -0.396 e. The number of amides is 2. The van der Waals surface area contributed by atoms with Gasteiger partial charge in [-0.25, -0.2) is 4.79 Å². The van der Waals surface area contributed by atoms with Crippen molar-refractivity contribution in [3.05, 3.63) is 0 Å². The average molecular weight is 260 g/mol. The number of carbonyl (C=O) groups is 1. The third kappa shape index (κ3) is 4.76. The van der Waals surface area contributed by atoms with E-state index in [4.69, 9.17) is 5.11 Å². The van der Waals surface area contributed by atoms with Crippen LogP contribution < -0.4 is 10.6 Å². The lowest BCUT2D eigenvalue weighted by Gasteiger charge is -2.25. The Labute approximate surface area is 108 Å². The highest BCUT2D eigenvalue weighted by atomic mass is 32.2. The first-order valence-electron chi connectivity index (χ1n) is 6.26. The van der Waals surface area contributed by atoms with Gasteiger partial charge in [-0.15, -0.1) is 0 Å². The first-order chi connectivity index (χ1) is 7.97. The molecule has 2 amide bonds. The number of aliphatic hydroxyl groups excluding tert-OH is 1. The molecule has 1 aliphatic heterocycles. The van der Waals surface area contributed by atoms with E-state index in [2.05, 4.69) is 17.6 Å². The topological polar surface area (TPSA) is 61.4 Å². The summed E-state index contributed by atoms with van der Waals surface area (Å²) in [5.41, 5.74) is 0. The first-order valence-corrected chi connectivity index (χ1v) is 7.24. The van der Waals surface area contributed by atoms with E-state index in [0.717, 1.165) is 0 Å². The summed E-state index contributed by atoms with van der Waals surface area (Å²) in [7, 11) is 0. The van der Waals surface area contributed by atoms with E-state index in [0.29, 0.717) is 6.54 Å². The molecule has 0 saturated carbocycles. The Bertz CT molecular complexity index is 255. The number of urea groups is 1. The lowest BCUT2D eigenvalue weighted by atomic mass is 10.1. The molecule has 0 aliphatic carbocycles. The average Bonchev–Trinajstić information content (AvgIpc) is 2.73. The Morgan fingerprint density at radius 1 is 1.53 bits per heavy atom. The fourth-order valence-electron chi connectivity index (χ4n) is 1.80. The highest BCUT2D eigenvalue weighted by Gasteiger charge is 2.29. The molecule has 3 N–H and O–H groups in total. The predicted octanol–water partition coefficient (Wildman–Crippen LogP) is 1.59. The molecule has 1 rings (SSSR count). The molecule has 0 bridgehead atoms. The van der Waals surface area contributed by atoms with Gasteiger partial charge in [0.15, 0.2) is 0 Å². The highest BCUT2D eigenvalue weighted by molar-refractivity contribution is 8.00. The van der Waals surface area contributed by atoms with E-state index in [9.17, 15) is 4.79 Å². The highest BCUT2D eigenvalue weighted by Crippen LogP contribution is 2.36. The number of aliphatic hydroxyl groups is 1. The third-order valence-electron chi connectivity index (χ3n) is 3.42. The Balaban J connectivity index is 2.25. The van der Waals surface area contributed by atoms with E-state index in [-0.39, 0.29) is 29.3 Å². The van der Waals surface area contributed by atoms with Gasteiger partial charge in [0.05, 0.1) is 0 Å². The van der Waals surface area contributed by atoms with E-state index < -0.39 is 0 Å². The summed E-state index contributed by atoms with van der Waals surface area (Å²) in [4.78, 5) is 11.7. The summed E-state index contributed by atoms with van der Waals surface area (Å²) in [6, 6.07) is -0.143. The Morgan fingerprint density at radius 3 is 2.76 bits per heavy atom. The van der Waals surface area contributed by atoms with Crippen molar-refractivity contribution in [2.45, 2.75) is 44.4 Å². The number of hydrogen-bond donors (Lipinski definition) is 3. The summed E-state index contributed by atoms with van der Waals surface area (Å²) in [5, 5.41) is 14.8. The molecule has 1 aliphatic rings. The maximum absolute atomic E-state index is 11.7. The molecular weight excluding hydrogens is 236 g/mol. The zero-order chi connectivity index (χ0) is 12.9. The normalized spacial score (nSPS) is 27.5. The number of carbonyl (C=O) groups excluding carboxylic acids is 1. The van der Waals surface area contributed by atoms with Gasteiger partial charge in [-0.2, -0.15) is 11.8 Å². The van der Waals surface area contributed by atoms with Crippen molar-refractivity contribution in [1.82, 2.24) is 10.6 Å². The Kier molecular flexibility index (Phi) is 5.59. The largest absolute Gasteiger partial charge is 0.396 e. The van der Waals surface area contributed by atoms with Crippen LogP contribution in [0, 0.1) is 5.92 Å². The van der Waals surface area contributed by atoms with Crippen LogP contribution in [0.3, 0.4) is 0 Å². The van der Waals surface area contributed by atoms with Crippen molar-refractivity contribution >= 4 is 17.8 Å². The molecule has 0 aromatic rings. The molecule has 1 heterocycles.